The first-order chi connectivity index (χ1) is 13.7. The second kappa shape index (κ2) is 9.88. The first-order valence-electron chi connectivity index (χ1n) is 8.80. The highest BCUT2D eigenvalue weighted by atomic mass is 35.5. The number of nitro groups is 1. The Morgan fingerprint density at radius 1 is 1.17 bits per heavy atom. The summed E-state index contributed by atoms with van der Waals surface area (Å²) in [5, 5.41) is 13.5. The molecule has 0 atom stereocenters. The largest absolute Gasteiger partial charge is 0.482 e. The fourth-order valence-corrected chi connectivity index (χ4v) is 2.69. The molecule has 1 N–H and O–H groups in total. The number of carbonyl (C=O) groups is 2. The Hall–Kier alpha value is -3.13. The molecule has 8 nitrogen and oxygen atoms in total. The summed E-state index contributed by atoms with van der Waals surface area (Å²) in [7, 11) is 0. The van der Waals surface area contributed by atoms with Crippen molar-refractivity contribution < 1.29 is 24.0 Å². The summed E-state index contributed by atoms with van der Waals surface area (Å²) >= 11 is 5.80. The fraction of sp³-hybridized carbons (Fsp3) is 0.300. The second-order valence-electron chi connectivity index (χ2n) is 6.61. The van der Waals surface area contributed by atoms with Crippen molar-refractivity contribution in [2.75, 3.05) is 18.5 Å². The Morgan fingerprint density at radius 3 is 2.55 bits per heavy atom. The molecule has 0 aliphatic rings. The van der Waals surface area contributed by atoms with Crippen LogP contribution in [0.4, 0.5) is 11.4 Å². The number of ether oxygens (including phenoxy) is 2. The van der Waals surface area contributed by atoms with Gasteiger partial charge in [0.1, 0.15) is 11.4 Å². The van der Waals surface area contributed by atoms with Gasteiger partial charge in [0.15, 0.2) is 13.2 Å². The zero-order valence-electron chi connectivity index (χ0n) is 16.2. The van der Waals surface area contributed by atoms with Crippen molar-refractivity contribution in [3.05, 3.63) is 62.7 Å². The van der Waals surface area contributed by atoms with E-state index < -0.39 is 23.4 Å². The number of carbonyl (C=O) groups excluding carboxylic acids is 2. The SMILES string of the molecule is Cc1ccc(C(C)C)c(OCC(=O)OCC(=O)Nc2cc(Cl)ccc2[N+](=O)[O-])c1. The highest BCUT2D eigenvalue weighted by Gasteiger charge is 2.17. The number of rotatable bonds is 8. The van der Waals surface area contributed by atoms with Crippen LogP contribution in [-0.2, 0) is 14.3 Å². The Kier molecular flexibility index (Phi) is 7.55. The van der Waals surface area contributed by atoms with Crippen LogP contribution in [0.1, 0.15) is 30.9 Å². The second-order valence-corrected chi connectivity index (χ2v) is 7.05. The van der Waals surface area contributed by atoms with Crippen molar-refractivity contribution in [3.63, 3.8) is 0 Å². The Labute approximate surface area is 172 Å². The first-order valence-corrected chi connectivity index (χ1v) is 9.18. The van der Waals surface area contributed by atoms with Crippen molar-refractivity contribution in [3.8, 4) is 5.75 Å². The molecule has 0 spiro atoms. The van der Waals surface area contributed by atoms with Gasteiger partial charge in [0.05, 0.1) is 4.92 Å². The lowest BCUT2D eigenvalue weighted by molar-refractivity contribution is -0.383. The van der Waals surface area contributed by atoms with E-state index >= 15 is 0 Å². The van der Waals surface area contributed by atoms with Crippen LogP contribution in [0.25, 0.3) is 0 Å². The van der Waals surface area contributed by atoms with Gasteiger partial charge < -0.3 is 14.8 Å². The first kappa shape index (κ1) is 22.2. The minimum absolute atomic E-state index is 0.0823. The maximum Gasteiger partial charge on any atom is 0.344 e. The molecule has 0 aliphatic heterocycles. The van der Waals surface area contributed by atoms with Crippen molar-refractivity contribution >= 4 is 34.9 Å². The average Bonchev–Trinajstić information content (AvgIpc) is 2.64. The normalized spacial score (nSPS) is 10.5. The number of anilines is 1. The van der Waals surface area contributed by atoms with Crippen LogP contribution in [0, 0.1) is 17.0 Å². The van der Waals surface area contributed by atoms with Crippen LogP contribution in [0.15, 0.2) is 36.4 Å². The van der Waals surface area contributed by atoms with E-state index in [0.717, 1.165) is 11.1 Å². The molecule has 0 heterocycles. The summed E-state index contributed by atoms with van der Waals surface area (Å²) in [5.41, 5.74) is 1.54. The highest BCUT2D eigenvalue weighted by molar-refractivity contribution is 6.31. The Morgan fingerprint density at radius 2 is 1.90 bits per heavy atom. The van der Waals surface area contributed by atoms with Crippen LogP contribution < -0.4 is 10.1 Å². The number of aryl methyl sites for hydroxylation is 1. The molecule has 0 saturated carbocycles. The third kappa shape index (κ3) is 6.46. The van der Waals surface area contributed by atoms with Crippen molar-refractivity contribution in [1.82, 2.24) is 0 Å². The molecule has 2 rings (SSSR count). The number of esters is 1. The zero-order valence-corrected chi connectivity index (χ0v) is 17.0. The molecule has 1 amide bonds. The number of hydrogen-bond donors (Lipinski definition) is 1. The van der Waals surface area contributed by atoms with Gasteiger partial charge in [-0.3, -0.25) is 14.9 Å². The standard InChI is InChI=1S/C20H21ClN2O6/c1-12(2)15-6-4-13(3)8-18(15)28-11-20(25)29-10-19(24)22-16-9-14(21)5-7-17(16)23(26)27/h4-9,12H,10-11H2,1-3H3,(H,22,24). The third-order valence-electron chi connectivity index (χ3n) is 3.93. The number of amides is 1. The maximum absolute atomic E-state index is 12.0. The number of nitrogens with zero attached hydrogens (tertiary/aromatic N) is 1. The van der Waals surface area contributed by atoms with Crippen LogP contribution >= 0.6 is 11.6 Å². The van der Waals surface area contributed by atoms with E-state index in [4.69, 9.17) is 21.1 Å². The predicted molar refractivity (Wildman–Crippen MR) is 108 cm³/mol. The van der Waals surface area contributed by atoms with Gasteiger partial charge in [-0.1, -0.05) is 37.6 Å². The van der Waals surface area contributed by atoms with Gasteiger partial charge in [-0.15, -0.1) is 0 Å². The Bertz CT molecular complexity index is 929. The summed E-state index contributed by atoms with van der Waals surface area (Å²) in [6.45, 7) is 4.95. The molecule has 2 aromatic rings. The predicted octanol–water partition coefficient (Wildman–Crippen LogP) is 4.24. The van der Waals surface area contributed by atoms with Gasteiger partial charge in [0.2, 0.25) is 0 Å². The number of benzene rings is 2. The van der Waals surface area contributed by atoms with E-state index in [0.29, 0.717) is 5.75 Å². The van der Waals surface area contributed by atoms with E-state index in [2.05, 4.69) is 5.32 Å². The molecule has 0 bridgehead atoms. The van der Waals surface area contributed by atoms with E-state index in [1.165, 1.54) is 18.2 Å². The minimum atomic E-state index is -0.739. The van der Waals surface area contributed by atoms with Gasteiger partial charge in [-0.2, -0.15) is 0 Å². The van der Waals surface area contributed by atoms with Crippen molar-refractivity contribution in [2.45, 2.75) is 26.7 Å². The minimum Gasteiger partial charge on any atom is -0.482 e. The summed E-state index contributed by atoms with van der Waals surface area (Å²) < 4.78 is 10.4. The lowest BCUT2D eigenvalue weighted by Crippen LogP contribution is -2.24. The number of halogens is 1. The van der Waals surface area contributed by atoms with Gasteiger partial charge >= 0.3 is 5.97 Å². The lowest BCUT2D eigenvalue weighted by Gasteiger charge is -2.14. The Balaban J connectivity index is 1.90. The van der Waals surface area contributed by atoms with E-state index in [1.54, 1.807) is 0 Å². The van der Waals surface area contributed by atoms with Gasteiger partial charge in [0.25, 0.3) is 11.6 Å². The highest BCUT2D eigenvalue weighted by Crippen LogP contribution is 2.28. The molecule has 2 aromatic carbocycles. The summed E-state index contributed by atoms with van der Waals surface area (Å²) in [6.07, 6.45) is 0. The lowest BCUT2D eigenvalue weighted by atomic mass is 10.0. The topological polar surface area (TPSA) is 108 Å². The van der Waals surface area contributed by atoms with E-state index in [1.807, 2.05) is 39.0 Å². The summed E-state index contributed by atoms with van der Waals surface area (Å²) in [5.74, 6) is -0.684. The number of nitrogens with one attached hydrogen (secondary N) is 1. The summed E-state index contributed by atoms with van der Waals surface area (Å²) in [4.78, 5) is 34.2. The zero-order chi connectivity index (χ0) is 21.6. The third-order valence-corrected chi connectivity index (χ3v) is 4.17. The van der Waals surface area contributed by atoms with Gasteiger partial charge in [-0.05, 0) is 42.2 Å². The van der Waals surface area contributed by atoms with Gasteiger partial charge in [-0.25, -0.2) is 4.79 Å². The summed E-state index contributed by atoms with van der Waals surface area (Å²) in [6, 6.07) is 9.47. The molecule has 0 aromatic heterocycles. The fourth-order valence-electron chi connectivity index (χ4n) is 2.52. The number of hydrogen-bond acceptors (Lipinski definition) is 6. The molecule has 0 aliphatic carbocycles. The molecule has 9 heteroatoms. The van der Waals surface area contributed by atoms with Crippen molar-refractivity contribution in [1.29, 1.82) is 0 Å². The molecular formula is C20H21ClN2O6. The van der Waals surface area contributed by atoms with Gasteiger partial charge in [0, 0.05) is 11.1 Å². The monoisotopic (exact) mass is 420 g/mol. The molecule has 0 radical (unpaired) electrons. The molecule has 0 fully saturated rings. The van der Waals surface area contributed by atoms with Crippen LogP contribution in [-0.4, -0.2) is 30.0 Å². The van der Waals surface area contributed by atoms with Crippen molar-refractivity contribution in [2.24, 2.45) is 0 Å². The number of nitro benzene ring substituents is 1. The van der Waals surface area contributed by atoms with Crippen LogP contribution in [0.2, 0.25) is 5.02 Å². The molecule has 0 saturated heterocycles. The molecule has 154 valence electrons. The molecule has 0 unspecified atom stereocenters. The van der Waals surface area contributed by atoms with Crippen LogP contribution in [0.5, 0.6) is 5.75 Å². The van der Waals surface area contributed by atoms with E-state index in [9.17, 15) is 19.7 Å². The molecule has 29 heavy (non-hydrogen) atoms. The molecular weight excluding hydrogens is 400 g/mol. The quantitative estimate of drug-likeness (QED) is 0.388. The smallest absolute Gasteiger partial charge is 0.344 e. The average molecular weight is 421 g/mol. The van der Waals surface area contributed by atoms with E-state index in [-0.39, 0.29) is 28.9 Å². The van der Waals surface area contributed by atoms with Crippen LogP contribution in [0.3, 0.4) is 0 Å². The maximum atomic E-state index is 12.0.